The fourth-order valence-electron chi connectivity index (χ4n) is 5.01. The number of methoxy groups -OCH3 is 1. The maximum absolute atomic E-state index is 13.0. The van der Waals surface area contributed by atoms with Crippen molar-refractivity contribution in [1.82, 2.24) is 10.6 Å². The number of carbonyl (C=O) groups excluding carboxylic acids is 1. The first-order valence-electron chi connectivity index (χ1n) is 12.9. The minimum Gasteiger partial charge on any atom is -0.497 e. The number of nitrogens with one attached hydrogen (secondary N) is 2. The summed E-state index contributed by atoms with van der Waals surface area (Å²) in [6.45, 7) is 7.55. The molecule has 0 radical (unpaired) electrons. The van der Waals surface area contributed by atoms with Gasteiger partial charge in [-0.15, -0.1) is 0 Å². The van der Waals surface area contributed by atoms with Gasteiger partial charge in [-0.2, -0.15) is 0 Å². The van der Waals surface area contributed by atoms with Gasteiger partial charge in [-0.1, -0.05) is 69.7 Å². The highest BCUT2D eigenvalue weighted by Crippen LogP contribution is 2.35. The smallest absolute Gasteiger partial charge is 0.407 e. The van der Waals surface area contributed by atoms with Crippen LogP contribution in [-0.4, -0.2) is 43.1 Å². The predicted molar refractivity (Wildman–Crippen MR) is 139 cm³/mol. The number of carbonyl (C=O) groups is 1. The number of amides is 1. The van der Waals surface area contributed by atoms with Crippen LogP contribution in [0.2, 0.25) is 0 Å². The highest BCUT2D eigenvalue weighted by atomic mass is 16.6. The van der Waals surface area contributed by atoms with Gasteiger partial charge < -0.3 is 25.2 Å². The van der Waals surface area contributed by atoms with E-state index in [9.17, 15) is 9.90 Å². The van der Waals surface area contributed by atoms with E-state index in [-0.39, 0.29) is 6.10 Å². The molecule has 6 nitrogen and oxygen atoms in total. The number of benzene rings is 2. The summed E-state index contributed by atoms with van der Waals surface area (Å²) >= 11 is 0. The van der Waals surface area contributed by atoms with Gasteiger partial charge in [0.15, 0.2) is 0 Å². The molecule has 1 saturated carbocycles. The molecule has 0 saturated heterocycles. The van der Waals surface area contributed by atoms with Crippen molar-refractivity contribution in [3.05, 3.63) is 65.7 Å². The Morgan fingerprint density at radius 2 is 1.83 bits per heavy atom. The highest BCUT2D eigenvalue weighted by molar-refractivity contribution is 5.68. The number of hydrogen-bond acceptors (Lipinski definition) is 5. The van der Waals surface area contributed by atoms with E-state index in [1.54, 1.807) is 7.11 Å². The number of aliphatic hydroxyl groups is 1. The third-order valence-electron chi connectivity index (χ3n) is 7.10. The maximum atomic E-state index is 13.0. The summed E-state index contributed by atoms with van der Waals surface area (Å²) in [5.74, 6) is 2.19. The van der Waals surface area contributed by atoms with E-state index in [2.05, 4.69) is 31.4 Å². The number of rotatable bonds is 11. The van der Waals surface area contributed by atoms with Crippen molar-refractivity contribution >= 4 is 6.09 Å². The zero-order valence-corrected chi connectivity index (χ0v) is 21.6. The second-order valence-corrected chi connectivity index (χ2v) is 10.3. The normalized spacial score (nSPS) is 21.8. The van der Waals surface area contributed by atoms with E-state index < -0.39 is 18.2 Å². The van der Waals surface area contributed by atoms with Crippen LogP contribution in [0.3, 0.4) is 0 Å². The summed E-state index contributed by atoms with van der Waals surface area (Å²) in [5, 5.41) is 17.3. The molecular formula is C29H42N2O4. The molecule has 3 rings (SSSR count). The van der Waals surface area contributed by atoms with Crippen LogP contribution >= 0.6 is 0 Å². The molecule has 0 spiro atoms. The second kappa shape index (κ2) is 13.5. The monoisotopic (exact) mass is 482 g/mol. The molecule has 0 heterocycles. The van der Waals surface area contributed by atoms with Crippen molar-refractivity contribution in [1.29, 1.82) is 0 Å². The average Bonchev–Trinajstić information content (AvgIpc) is 2.84. The Bertz CT molecular complexity index is 905. The van der Waals surface area contributed by atoms with Crippen LogP contribution in [0.15, 0.2) is 54.6 Å². The van der Waals surface area contributed by atoms with Gasteiger partial charge in [0.05, 0.1) is 19.3 Å². The summed E-state index contributed by atoms with van der Waals surface area (Å²) in [7, 11) is 1.65. The van der Waals surface area contributed by atoms with Gasteiger partial charge in [-0.05, 0) is 60.3 Å². The molecule has 0 aliphatic heterocycles. The van der Waals surface area contributed by atoms with E-state index in [0.29, 0.717) is 37.3 Å². The van der Waals surface area contributed by atoms with E-state index in [0.717, 1.165) is 29.7 Å². The fourth-order valence-corrected chi connectivity index (χ4v) is 5.01. The molecule has 0 bridgehead atoms. The quantitative estimate of drug-likeness (QED) is 0.423. The lowest BCUT2D eigenvalue weighted by molar-refractivity contribution is 0.00189. The molecule has 1 fully saturated rings. The molecule has 3 N–H and O–H groups in total. The summed E-state index contributed by atoms with van der Waals surface area (Å²) in [6.07, 6.45) is 2.37. The number of alkyl carbamates (subject to hydrolysis) is 1. The van der Waals surface area contributed by atoms with Gasteiger partial charge in [0.25, 0.3) is 0 Å². The number of ether oxygens (including phenoxy) is 2. The van der Waals surface area contributed by atoms with E-state index >= 15 is 0 Å². The Hall–Kier alpha value is -2.57. The molecule has 1 amide bonds. The Labute approximate surface area is 210 Å². The summed E-state index contributed by atoms with van der Waals surface area (Å²) < 4.78 is 11.2. The van der Waals surface area contributed by atoms with Crippen molar-refractivity contribution in [2.75, 3.05) is 13.7 Å². The first kappa shape index (κ1) is 27.0. The molecule has 2 aromatic rings. The lowest BCUT2D eigenvalue weighted by Gasteiger charge is -2.37. The summed E-state index contributed by atoms with van der Waals surface area (Å²) in [5.41, 5.74) is 2.12. The molecule has 1 aliphatic carbocycles. The molecule has 0 aromatic heterocycles. The first-order valence-corrected chi connectivity index (χ1v) is 12.9. The lowest BCUT2D eigenvalue weighted by Crippen LogP contribution is -2.50. The number of aliphatic hydroxyl groups excluding tert-OH is 1. The van der Waals surface area contributed by atoms with Crippen LogP contribution in [0.4, 0.5) is 4.79 Å². The summed E-state index contributed by atoms with van der Waals surface area (Å²) in [4.78, 5) is 13.0. The Kier molecular flexibility index (Phi) is 10.4. The van der Waals surface area contributed by atoms with Crippen LogP contribution in [0.25, 0.3) is 0 Å². The molecule has 2 aromatic carbocycles. The molecular weight excluding hydrogens is 440 g/mol. The number of hydrogen-bond donors (Lipinski definition) is 3. The van der Waals surface area contributed by atoms with Gasteiger partial charge in [0.1, 0.15) is 11.9 Å². The second-order valence-electron chi connectivity index (χ2n) is 10.3. The summed E-state index contributed by atoms with van der Waals surface area (Å²) in [6, 6.07) is 17.3. The Morgan fingerprint density at radius 1 is 1.09 bits per heavy atom. The van der Waals surface area contributed by atoms with Crippen molar-refractivity contribution < 1.29 is 19.4 Å². The molecule has 192 valence electrons. The van der Waals surface area contributed by atoms with Gasteiger partial charge in [0, 0.05) is 13.1 Å². The topological polar surface area (TPSA) is 79.8 Å². The third-order valence-corrected chi connectivity index (χ3v) is 7.10. The first-order chi connectivity index (χ1) is 16.9. The average molecular weight is 483 g/mol. The van der Waals surface area contributed by atoms with Crippen molar-refractivity contribution in [2.24, 2.45) is 17.8 Å². The van der Waals surface area contributed by atoms with E-state index in [4.69, 9.17) is 9.47 Å². The predicted octanol–water partition coefficient (Wildman–Crippen LogP) is 4.94. The minimum absolute atomic E-state index is 0.0838. The van der Waals surface area contributed by atoms with Crippen LogP contribution in [-0.2, 0) is 17.7 Å². The van der Waals surface area contributed by atoms with Gasteiger partial charge in [0.2, 0.25) is 0 Å². The van der Waals surface area contributed by atoms with E-state index in [1.807, 2.05) is 54.6 Å². The fraction of sp³-hybridized carbons (Fsp3) is 0.552. The Morgan fingerprint density at radius 3 is 2.54 bits per heavy atom. The molecule has 0 unspecified atom stereocenters. The SMILES string of the molecule is COc1cccc(CNC[C@H](O)[C@H](Cc2ccccc2)NC(=O)O[C@@H]2C[C@H](C)CC[C@H]2C(C)C)c1. The Balaban J connectivity index is 1.61. The largest absolute Gasteiger partial charge is 0.497 e. The van der Waals surface area contributed by atoms with E-state index in [1.165, 1.54) is 6.42 Å². The zero-order chi connectivity index (χ0) is 25.2. The highest BCUT2D eigenvalue weighted by Gasteiger charge is 2.34. The molecule has 5 atom stereocenters. The maximum Gasteiger partial charge on any atom is 0.407 e. The van der Waals surface area contributed by atoms with Crippen LogP contribution in [0.1, 0.15) is 51.2 Å². The van der Waals surface area contributed by atoms with Crippen molar-refractivity contribution in [3.63, 3.8) is 0 Å². The minimum atomic E-state index is -0.778. The molecule has 35 heavy (non-hydrogen) atoms. The van der Waals surface area contributed by atoms with Crippen LogP contribution in [0.5, 0.6) is 5.75 Å². The van der Waals surface area contributed by atoms with Gasteiger partial charge in [-0.25, -0.2) is 4.79 Å². The van der Waals surface area contributed by atoms with Crippen LogP contribution in [0, 0.1) is 17.8 Å². The van der Waals surface area contributed by atoms with Gasteiger partial charge in [-0.3, -0.25) is 0 Å². The van der Waals surface area contributed by atoms with Crippen molar-refractivity contribution in [2.45, 2.75) is 71.2 Å². The third kappa shape index (κ3) is 8.55. The van der Waals surface area contributed by atoms with Gasteiger partial charge >= 0.3 is 6.09 Å². The molecule has 6 heteroatoms. The van der Waals surface area contributed by atoms with Crippen molar-refractivity contribution in [3.8, 4) is 5.75 Å². The zero-order valence-electron chi connectivity index (χ0n) is 21.6. The standard InChI is InChI=1S/C29H42N2O4/c1-20(2)25-14-13-21(3)15-28(25)35-29(33)31-26(17-22-9-6-5-7-10-22)27(32)19-30-18-23-11-8-12-24(16-23)34-4/h5-12,16,20-21,25-28,30,32H,13-15,17-19H2,1-4H3,(H,31,33)/t21-,25+,26+,27+,28-/m1/s1. The van der Waals surface area contributed by atoms with Crippen LogP contribution < -0.4 is 15.4 Å². The lowest BCUT2D eigenvalue weighted by atomic mass is 9.75. The molecule has 1 aliphatic rings.